The summed E-state index contributed by atoms with van der Waals surface area (Å²) in [6, 6.07) is 12.7. The molecule has 2 N–H and O–H groups in total. The lowest BCUT2D eigenvalue weighted by atomic mass is 10.2. The molecule has 0 saturated heterocycles. The fourth-order valence-electron chi connectivity index (χ4n) is 1.93. The first-order valence-corrected chi connectivity index (χ1v) is 9.30. The quantitative estimate of drug-likeness (QED) is 0.704. The predicted molar refractivity (Wildman–Crippen MR) is 100 cm³/mol. The van der Waals surface area contributed by atoms with Crippen LogP contribution in [0.1, 0.15) is 12.5 Å². The van der Waals surface area contributed by atoms with E-state index < -0.39 is 17.8 Å². The van der Waals surface area contributed by atoms with E-state index in [4.69, 9.17) is 16.3 Å². The van der Waals surface area contributed by atoms with Gasteiger partial charge in [0.1, 0.15) is 11.6 Å². The average Bonchev–Trinajstić information content (AvgIpc) is 2.61. The third-order valence-electron chi connectivity index (χ3n) is 3.21. The molecular formula is C18H18ClFN2O3S. The molecule has 0 bridgehead atoms. The average molecular weight is 397 g/mol. The monoisotopic (exact) mass is 396 g/mol. The van der Waals surface area contributed by atoms with Gasteiger partial charge in [-0.25, -0.2) is 4.39 Å². The van der Waals surface area contributed by atoms with Crippen molar-refractivity contribution in [2.24, 2.45) is 0 Å². The zero-order valence-corrected chi connectivity index (χ0v) is 15.6. The van der Waals surface area contributed by atoms with Crippen LogP contribution in [0.15, 0.2) is 48.5 Å². The van der Waals surface area contributed by atoms with Gasteiger partial charge in [0.15, 0.2) is 6.10 Å². The van der Waals surface area contributed by atoms with Gasteiger partial charge in [-0.1, -0.05) is 23.7 Å². The molecule has 2 aromatic rings. The largest absolute Gasteiger partial charge is 0.481 e. The minimum Gasteiger partial charge on any atom is -0.481 e. The van der Waals surface area contributed by atoms with Gasteiger partial charge in [-0.05, 0) is 48.9 Å². The summed E-state index contributed by atoms with van der Waals surface area (Å²) < 4.78 is 18.2. The van der Waals surface area contributed by atoms with Gasteiger partial charge >= 0.3 is 0 Å². The molecule has 0 aliphatic carbocycles. The Labute approximate surface area is 160 Å². The number of nitrogens with one attached hydrogen (secondary N) is 2. The fraction of sp³-hybridized carbons (Fsp3) is 0.222. The van der Waals surface area contributed by atoms with Crippen molar-refractivity contribution in [1.29, 1.82) is 0 Å². The topological polar surface area (TPSA) is 67.4 Å². The van der Waals surface area contributed by atoms with E-state index in [0.717, 1.165) is 5.56 Å². The van der Waals surface area contributed by atoms with Crippen LogP contribution in [0, 0.1) is 5.82 Å². The summed E-state index contributed by atoms with van der Waals surface area (Å²) in [5.74, 6) is -0.0669. The molecule has 26 heavy (non-hydrogen) atoms. The number of rotatable bonds is 7. The molecule has 0 aromatic heterocycles. The number of carbonyl (C=O) groups excluding carboxylic acids is 2. The van der Waals surface area contributed by atoms with E-state index in [9.17, 15) is 14.0 Å². The van der Waals surface area contributed by atoms with Crippen LogP contribution in [-0.4, -0.2) is 23.7 Å². The Kier molecular flexibility index (Phi) is 7.74. The van der Waals surface area contributed by atoms with Crippen LogP contribution in [0.25, 0.3) is 0 Å². The van der Waals surface area contributed by atoms with Crippen LogP contribution in [0.5, 0.6) is 5.75 Å². The highest BCUT2D eigenvalue weighted by molar-refractivity contribution is 7.99. The van der Waals surface area contributed by atoms with Crippen LogP contribution < -0.4 is 15.6 Å². The standard InChI is InChI=1S/C18H18ClFN2O3S/c1-12(25-16-7-5-15(20)6-8-16)18(24)22-21-17(23)11-26-10-13-3-2-4-14(19)9-13/h2-9,12H,10-11H2,1H3,(H,21,23)(H,22,24)/t12-/m1/s1. The fourth-order valence-corrected chi connectivity index (χ4v) is 2.92. The Bertz CT molecular complexity index is 758. The second-order valence-corrected chi connectivity index (χ2v) is 6.80. The summed E-state index contributed by atoms with van der Waals surface area (Å²) in [7, 11) is 0. The van der Waals surface area contributed by atoms with Crippen LogP contribution in [0.4, 0.5) is 4.39 Å². The van der Waals surface area contributed by atoms with E-state index in [1.54, 1.807) is 6.07 Å². The van der Waals surface area contributed by atoms with Gasteiger partial charge in [0.2, 0.25) is 5.91 Å². The number of hydrogen-bond donors (Lipinski definition) is 2. The number of amides is 2. The smallest absolute Gasteiger partial charge is 0.279 e. The van der Waals surface area contributed by atoms with E-state index in [1.165, 1.54) is 43.0 Å². The molecular weight excluding hydrogens is 379 g/mol. The predicted octanol–water partition coefficient (Wildman–Crippen LogP) is 3.33. The van der Waals surface area contributed by atoms with Gasteiger partial charge in [-0.15, -0.1) is 11.8 Å². The van der Waals surface area contributed by atoms with Crippen molar-refractivity contribution in [2.75, 3.05) is 5.75 Å². The Morgan fingerprint density at radius 2 is 1.92 bits per heavy atom. The zero-order chi connectivity index (χ0) is 18.9. The van der Waals surface area contributed by atoms with Gasteiger partial charge in [0.25, 0.3) is 5.91 Å². The summed E-state index contributed by atoms with van der Waals surface area (Å²) >= 11 is 7.30. The summed E-state index contributed by atoms with van der Waals surface area (Å²) in [6.45, 7) is 1.53. The number of halogens is 2. The van der Waals surface area contributed by atoms with Gasteiger partial charge in [-0.2, -0.15) is 0 Å². The number of hydrazine groups is 1. The van der Waals surface area contributed by atoms with Crippen molar-refractivity contribution in [3.8, 4) is 5.75 Å². The first-order valence-electron chi connectivity index (χ1n) is 7.77. The second-order valence-electron chi connectivity index (χ2n) is 5.37. The molecule has 138 valence electrons. The lowest BCUT2D eigenvalue weighted by Gasteiger charge is -2.15. The summed E-state index contributed by atoms with van der Waals surface area (Å²) in [6.07, 6.45) is -0.847. The molecule has 2 amide bonds. The molecule has 0 spiro atoms. The maximum absolute atomic E-state index is 12.8. The maximum Gasteiger partial charge on any atom is 0.279 e. The molecule has 5 nitrogen and oxygen atoms in total. The van der Waals surface area contributed by atoms with Crippen molar-refractivity contribution in [3.05, 3.63) is 64.9 Å². The molecule has 2 aromatic carbocycles. The molecule has 0 aliphatic rings. The highest BCUT2D eigenvalue weighted by Gasteiger charge is 2.15. The van der Waals surface area contributed by atoms with Crippen molar-refractivity contribution in [3.63, 3.8) is 0 Å². The zero-order valence-electron chi connectivity index (χ0n) is 14.0. The third-order valence-corrected chi connectivity index (χ3v) is 4.45. The molecule has 2 rings (SSSR count). The maximum atomic E-state index is 12.8. The molecule has 8 heteroatoms. The number of carbonyl (C=O) groups is 2. The van der Waals surface area contributed by atoms with Crippen LogP contribution in [-0.2, 0) is 15.3 Å². The lowest BCUT2D eigenvalue weighted by Crippen LogP contribution is -2.47. The Morgan fingerprint density at radius 1 is 1.19 bits per heavy atom. The molecule has 0 fully saturated rings. The van der Waals surface area contributed by atoms with Gasteiger partial charge < -0.3 is 4.74 Å². The van der Waals surface area contributed by atoms with Gasteiger partial charge in [0, 0.05) is 10.8 Å². The van der Waals surface area contributed by atoms with E-state index in [0.29, 0.717) is 16.5 Å². The Hall–Kier alpha value is -2.25. The first kappa shape index (κ1) is 20.1. The summed E-state index contributed by atoms with van der Waals surface area (Å²) in [5, 5.41) is 0.648. The first-order chi connectivity index (χ1) is 12.4. The normalized spacial score (nSPS) is 11.5. The summed E-state index contributed by atoms with van der Waals surface area (Å²) in [5.41, 5.74) is 5.64. The molecule has 0 radical (unpaired) electrons. The third kappa shape index (κ3) is 6.93. The Balaban J connectivity index is 1.67. The second kappa shape index (κ2) is 10.0. The minimum absolute atomic E-state index is 0.181. The van der Waals surface area contributed by atoms with E-state index in [-0.39, 0.29) is 11.7 Å². The van der Waals surface area contributed by atoms with Crippen molar-refractivity contribution in [2.45, 2.75) is 18.8 Å². The van der Waals surface area contributed by atoms with E-state index >= 15 is 0 Å². The van der Waals surface area contributed by atoms with Crippen molar-refractivity contribution < 1.29 is 18.7 Å². The van der Waals surface area contributed by atoms with Crippen LogP contribution >= 0.6 is 23.4 Å². The van der Waals surface area contributed by atoms with Crippen molar-refractivity contribution in [1.82, 2.24) is 10.9 Å². The number of thioether (sulfide) groups is 1. The molecule has 0 saturated carbocycles. The number of ether oxygens (including phenoxy) is 1. The van der Waals surface area contributed by atoms with E-state index in [1.807, 2.05) is 18.2 Å². The molecule has 0 heterocycles. The minimum atomic E-state index is -0.847. The van der Waals surface area contributed by atoms with Crippen LogP contribution in [0.3, 0.4) is 0 Å². The molecule has 1 atom stereocenters. The highest BCUT2D eigenvalue weighted by atomic mass is 35.5. The van der Waals surface area contributed by atoms with Gasteiger partial charge in [-0.3, -0.25) is 20.4 Å². The van der Waals surface area contributed by atoms with Gasteiger partial charge in [0.05, 0.1) is 5.75 Å². The number of benzene rings is 2. The Morgan fingerprint density at radius 3 is 2.62 bits per heavy atom. The van der Waals surface area contributed by atoms with Crippen LogP contribution in [0.2, 0.25) is 5.02 Å². The number of hydrogen-bond acceptors (Lipinski definition) is 4. The SMILES string of the molecule is C[C@@H](Oc1ccc(F)cc1)C(=O)NNC(=O)CSCc1cccc(Cl)c1. The molecule has 0 aliphatic heterocycles. The molecule has 0 unspecified atom stereocenters. The van der Waals surface area contributed by atoms with E-state index in [2.05, 4.69) is 10.9 Å². The van der Waals surface area contributed by atoms with Crippen molar-refractivity contribution >= 4 is 35.2 Å². The lowest BCUT2D eigenvalue weighted by molar-refractivity contribution is -0.131. The summed E-state index contributed by atoms with van der Waals surface area (Å²) in [4.78, 5) is 23.7. The highest BCUT2D eigenvalue weighted by Crippen LogP contribution is 2.16.